The first-order chi connectivity index (χ1) is 8.48. The lowest BCUT2D eigenvalue weighted by molar-refractivity contribution is -0.137. The molecule has 0 radical (unpaired) electrons. The first kappa shape index (κ1) is 13.4. The second-order valence-electron chi connectivity index (χ2n) is 5.27. The molecule has 0 N–H and O–H groups in total. The molecule has 0 aliphatic heterocycles. The Morgan fingerprint density at radius 1 is 1.00 bits per heavy atom. The predicted octanol–water partition coefficient (Wildman–Crippen LogP) is 5.32. The fourth-order valence-corrected chi connectivity index (χ4v) is 3.09. The quantitative estimate of drug-likeness (QED) is 0.672. The van der Waals surface area contributed by atoms with Gasteiger partial charge in [-0.15, -0.1) is 0 Å². The van der Waals surface area contributed by atoms with Crippen LogP contribution in [0.15, 0.2) is 24.3 Å². The first-order valence-corrected chi connectivity index (χ1v) is 6.66. The van der Waals surface area contributed by atoms with E-state index in [9.17, 15) is 13.2 Å². The van der Waals surface area contributed by atoms with Gasteiger partial charge in [-0.25, -0.2) is 0 Å². The molecule has 0 bridgehead atoms. The molecule has 2 rings (SSSR count). The van der Waals surface area contributed by atoms with Gasteiger partial charge in [0.15, 0.2) is 0 Å². The van der Waals surface area contributed by atoms with Crippen molar-refractivity contribution in [1.29, 1.82) is 0 Å². The summed E-state index contributed by atoms with van der Waals surface area (Å²) in [5.74, 6) is 0. The van der Waals surface area contributed by atoms with Gasteiger partial charge in [0.1, 0.15) is 0 Å². The third-order valence-corrected chi connectivity index (χ3v) is 4.31. The average molecular weight is 256 g/mol. The van der Waals surface area contributed by atoms with Crippen molar-refractivity contribution in [2.75, 3.05) is 0 Å². The summed E-state index contributed by atoms with van der Waals surface area (Å²) >= 11 is 0. The Morgan fingerprint density at radius 3 is 2.00 bits per heavy atom. The fraction of sp³-hybridized carbons (Fsp3) is 0.600. The molecule has 0 aromatic heterocycles. The number of hydrogen-bond acceptors (Lipinski definition) is 0. The minimum Gasteiger partial charge on any atom is -0.166 e. The Hall–Kier alpha value is -0.990. The molecule has 0 nitrogen and oxygen atoms in total. The number of halogens is 3. The number of hydrogen-bond donors (Lipinski definition) is 0. The van der Waals surface area contributed by atoms with Crippen molar-refractivity contribution < 1.29 is 13.2 Å². The van der Waals surface area contributed by atoms with Gasteiger partial charge in [-0.3, -0.25) is 0 Å². The van der Waals surface area contributed by atoms with Crippen molar-refractivity contribution in [1.82, 2.24) is 0 Å². The largest absolute Gasteiger partial charge is 0.416 e. The molecule has 0 saturated heterocycles. The Balaban J connectivity index is 2.27. The van der Waals surface area contributed by atoms with E-state index >= 15 is 0 Å². The van der Waals surface area contributed by atoms with E-state index in [2.05, 4.69) is 6.92 Å². The maximum Gasteiger partial charge on any atom is 0.416 e. The van der Waals surface area contributed by atoms with Crippen molar-refractivity contribution in [2.24, 2.45) is 0 Å². The van der Waals surface area contributed by atoms with Crippen LogP contribution in [-0.2, 0) is 11.6 Å². The van der Waals surface area contributed by atoms with Crippen LogP contribution in [0, 0.1) is 0 Å². The standard InChI is InChI=1S/C15H19F3/c1-2-14(10-4-3-5-11-14)12-6-8-13(9-7-12)15(16,17)18/h6-9H,2-5,10-11H2,1H3. The summed E-state index contributed by atoms with van der Waals surface area (Å²) < 4.78 is 37.6. The van der Waals surface area contributed by atoms with Gasteiger partial charge in [-0.2, -0.15) is 13.2 Å². The van der Waals surface area contributed by atoms with E-state index in [1.807, 2.05) is 0 Å². The fourth-order valence-electron chi connectivity index (χ4n) is 3.09. The summed E-state index contributed by atoms with van der Waals surface area (Å²) in [5.41, 5.74) is 0.647. The van der Waals surface area contributed by atoms with E-state index < -0.39 is 11.7 Å². The van der Waals surface area contributed by atoms with Crippen molar-refractivity contribution in [3.8, 4) is 0 Å². The molecule has 0 amide bonds. The van der Waals surface area contributed by atoms with E-state index in [1.54, 1.807) is 12.1 Å². The molecule has 18 heavy (non-hydrogen) atoms. The van der Waals surface area contributed by atoms with Gasteiger partial charge in [-0.05, 0) is 42.4 Å². The molecule has 1 aromatic carbocycles. The van der Waals surface area contributed by atoms with Gasteiger partial charge in [0.25, 0.3) is 0 Å². The molecular weight excluding hydrogens is 237 g/mol. The van der Waals surface area contributed by atoms with Crippen molar-refractivity contribution >= 4 is 0 Å². The normalized spacial score (nSPS) is 19.8. The Labute approximate surface area is 106 Å². The highest BCUT2D eigenvalue weighted by atomic mass is 19.4. The van der Waals surface area contributed by atoms with Crippen LogP contribution in [0.2, 0.25) is 0 Å². The third kappa shape index (κ3) is 2.55. The molecular formula is C15H19F3. The third-order valence-electron chi connectivity index (χ3n) is 4.31. The highest BCUT2D eigenvalue weighted by molar-refractivity contribution is 5.31. The van der Waals surface area contributed by atoms with Gasteiger partial charge >= 0.3 is 6.18 Å². The first-order valence-electron chi connectivity index (χ1n) is 6.66. The van der Waals surface area contributed by atoms with Gasteiger partial charge < -0.3 is 0 Å². The highest BCUT2D eigenvalue weighted by Gasteiger charge is 2.34. The van der Waals surface area contributed by atoms with Crippen LogP contribution in [0.1, 0.15) is 56.6 Å². The monoisotopic (exact) mass is 256 g/mol. The average Bonchev–Trinajstić information content (AvgIpc) is 2.39. The van der Waals surface area contributed by atoms with E-state index in [1.165, 1.54) is 31.4 Å². The zero-order chi connectivity index (χ0) is 13.2. The summed E-state index contributed by atoms with van der Waals surface area (Å²) in [6.07, 6.45) is 2.62. The zero-order valence-corrected chi connectivity index (χ0v) is 10.7. The molecule has 0 heterocycles. The van der Waals surface area contributed by atoms with Crippen LogP contribution in [0.4, 0.5) is 13.2 Å². The van der Waals surface area contributed by atoms with Crippen LogP contribution in [0.5, 0.6) is 0 Å². The van der Waals surface area contributed by atoms with Crippen molar-refractivity contribution in [3.63, 3.8) is 0 Å². The maximum atomic E-state index is 12.5. The summed E-state index contributed by atoms with van der Waals surface area (Å²) in [6.45, 7) is 2.14. The van der Waals surface area contributed by atoms with Crippen LogP contribution in [0.25, 0.3) is 0 Å². The molecule has 1 saturated carbocycles. The minimum absolute atomic E-state index is 0.113. The molecule has 100 valence electrons. The summed E-state index contributed by atoms with van der Waals surface area (Å²) in [6, 6.07) is 5.80. The number of rotatable bonds is 2. The lowest BCUT2D eigenvalue weighted by Gasteiger charge is -2.37. The van der Waals surface area contributed by atoms with Gasteiger partial charge in [0, 0.05) is 0 Å². The van der Waals surface area contributed by atoms with E-state index in [-0.39, 0.29) is 5.41 Å². The van der Waals surface area contributed by atoms with Gasteiger partial charge in [-0.1, -0.05) is 38.3 Å². The summed E-state index contributed by atoms with van der Waals surface area (Å²) in [7, 11) is 0. The van der Waals surface area contributed by atoms with E-state index in [0.717, 1.165) is 24.8 Å². The number of alkyl halides is 3. The topological polar surface area (TPSA) is 0 Å². The van der Waals surface area contributed by atoms with Gasteiger partial charge in [0.2, 0.25) is 0 Å². The van der Waals surface area contributed by atoms with Crippen molar-refractivity contribution in [2.45, 2.75) is 57.0 Å². The SMILES string of the molecule is CCC1(c2ccc(C(F)(F)F)cc2)CCCCC1. The van der Waals surface area contributed by atoms with Gasteiger partial charge in [0.05, 0.1) is 5.56 Å². The molecule has 1 aliphatic carbocycles. The van der Waals surface area contributed by atoms with Crippen molar-refractivity contribution in [3.05, 3.63) is 35.4 Å². The Bertz CT molecular complexity index is 383. The predicted molar refractivity (Wildman–Crippen MR) is 66.5 cm³/mol. The smallest absolute Gasteiger partial charge is 0.166 e. The van der Waals surface area contributed by atoms with E-state index in [4.69, 9.17) is 0 Å². The number of benzene rings is 1. The molecule has 1 aliphatic rings. The Kier molecular flexibility index (Phi) is 3.69. The highest BCUT2D eigenvalue weighted by Crippen LogP contribution is 2.42. The zero-order valence-electron chi connectivity index (χ0n) is 10.7. The van der Waals surface area contributed by atoms with Crippen LogP contribution in [0.3, 0.4) is 0 Å². The minimum atomic E-state index is -4.23. The second-order valence-corrected chi connectivity index (χ2v) is 5.27. The summed E-state index contributed by atoms with van der Waals surface area (Å²) in [4.78, 5) is 0. The maximum absolute atomic E-state index is 12.5. The molecule has 1 aromatic rings. The van der Waals surface area contributed by atoms with Crippen LogP contribution >= 0.6 is 0 Å². The molecule has 1 fully saturated rings. The van der Waals surface area contributed by atoms with Crippen LogP contribution < -0.4 is 0 Å². The second kappa shape index (κ2) is 4.94. The molecule has 3 heteroatoms. The lowest BCUT2D eigenvalue weighted by atomic mass is 9.68. The molecule has 0 atom stereocenters. The molecule has 0 unspecified atom stereocenters. The Morgan fingerprint density at radius 2 is 1.56 bits per heavy atom. The lowest BCUT2D eigenvalue weighted by Crippen LogP contribution is -2.28. The summed E-state index contributed by atoms with van der Waals surface area (Å²) in [5, 5.41) is 0. The molecule has 0 spiro atoms. The van der Waals surface area contributed by atoms with Crippen LogP contribution in [-0.4, -0.2) is 0 Å². The van der Waals surface area contributed by atoms with E-state index in [0.29, 0.717) is 0 Å².